The molecule has 126 valence electrons. The Hall–Kier alpha value is -2.54. The molecule has 0 aliphatic heterocycles. The molecule has 0 spiro atoms. The number of benzene rings is 1. The molecule has 25 heavy (non-hydrogen) atoms. The van der Waals surface area contributed by atoms with E-state index < -0.39 is 5.41 Å². The summed E-state index contributed by atoms with van der Waals surface area (Å²) in [6.45, 7) is 18.0. The number of halogens is 2. The van der Waals surface area contributed by atoms with Gasteiger partial charge in [0.25, 0.3) is 0 Å². The minimum absolute atomic E-state index is 0.266. The quantitative estimate of drug-likeness (QED) is 0.602. The fraction of sp³-hybridized carbons (Fsp3) is 0.100. The second-order valence-electron chi connectivity index (χ2n) is 5.62. The van der Waals surface area contributed by atoms with Gasteiger partial charge in [0.1, 0.15) is 5.41 Å². The van der Waals surface area contributed by atoms with Crippen molar-refractivity contribution < 1.29 is 0 Å². The van der Waals surface area contributed by atoms with Crippen LogP contribution in [0.25, 0.3) is 5.70 Å². The second kappa shape index (κ2) is 7.14. The van der Waals surface area contributed by atoms with E-state index in [1.54, 1.807) is 48.4 Å². The molecule has 5 heteroatoms. The Bertz CT molecular complexity index is 917. The molecule has 0 saturated heterocycles. The number of imidazole rings is 1. The molecular formula is C20H17Cl2N3. The van der Waals surface area contributed by atoms with Gasteiger partial charge in [0.05, 0.1) is 22.4 Å². The smallest absolute Gasteiger partial charge is 0.148 e. The predicted octanol–water partition coefficient (Wildman–Crippen LogP) is 5.81. The summed E-state index contributed by atoms with van der Waals surface area (Å²) in [7, 11) is 0. The van der Waals surface area contributed by atoms with Crippen LogP contribution in [0.1, 0.15) is 12.5 Å². The van der Waals surface area contributed by atoms with E-state index >= 15 is 0 Å². The van der Waals surface area contributed by atoms with E-state index in [0.29, 0.717) is 33.0 Å². The Kier molecular flexibility index (Phi) is 5.37. The normalized spacial score (nSPS) is 12.7. The van der Waals surface area contributed by atoms with E-state index in [-0.39, 0.29) is 5.02 Å². The summed E-state index contributed by atoms with van der Waals surface area (Å²) >= 11 is 12.6. The van der Waals surface area contributed by atoms with E-state index in [1.807, 2.05) is 0 Å². The highest BCUT2D eigenvalue weighted by Crippen LogP contribution is 2.47. The third-order valence-electron chi connectivity index (χ3n) is 4.10. The van der Waals surface area contributed by atoms with E-state index in [9.17, 15) is 5.26 Å². The number of aromatic nitrogens is 2. The Morgan fingerprint density at radius 2 is 1.92 bits per heavy atom. The van der Waals surface area contributed by atoms with E-state index in [4.69, 9.17) is 23.2 Å². The molecule has 2 aromatic rings. The Morgan fingerprint density at radius 1 is 1.24 bits per heavy atom. The van der Waals surface area contributed by atoms with Crippen molar-refractivity contribution in [3.8, 4) is 6.07 Å². The summed E-state index contributed by atoms with van der Waals surface area (Å²) in [5.74, 6) is 0. The van der Waals surface area contributed by atoms with Gasteiger partial charge in [-0.15, -0.1) is 0 Å². The zero-order valence-corrected chi connectivity index (χ0v) is 15.4. The maximum Gasteiger partial charge on any atom is 0.148 e. The maximum atomic E-state index is 10.2. The van der Waals surface area contributed by atoms with Crippen LogP contribution >= 0.6 is 23.2 Å². The molecule has 0 saturated carbocycles. The van der Waals surface area contributed by atoms with Crippen LogP contribution in [-0.4, -0.2) is 9.55 Å². The lowest BCUT2D eigenvalue weighted by molar-refractivity contribution is 0.788. The monoisotopic (exact) mass is 369 g/mol. The molecule has 2 rings (SSSR count). The van der Waals surface area contributed by atoms with Crippen molar-refractivity contribution in [3.05, 3.63) is 95.6 Å². The summed E-state index contributed by atoms with van der Waals surface area (Å²) in [5.41, 5.74) is 1.21. The van der Waals surface area contributed by atoms with Crippen molar-refractivity contribution in [2.75, 3.05) is 0 Å². The summed E-state index contributed by atoms with van der Waals surface area (Å²) < 4.78 is 1.65. The average molecular weight is 370 g/mol. The molecule has 0 amide bonds. The van der Waals surface area contributed by atoms with Crippen LogP contribution in [0.3, 0.4) is 0 Å². The van der Waals surface area contributed by atoms with Crippen molar-refractivity contribution in [3.63, 3.8) is 0 Å². The minimum atomic E-state index is -1.38. The number of hydrogen-bond acceptors (Lipinski definition) is 2. The first-order valence-electron chi connectivity index (χ1n) is 7.35. The van der Waals surface area contributed by atoms with Crippen LogP contribution in [-0.2, 0) is 5.41 Å². The lowest BCUT2D eigenvalue weighted by Gasteiger charge is -2.34. The van der Waals surface area contributed by atoms with E-state index in [2.05, 4.69) is 37.4 Å². The van der Waals surface area contributed by atoms with Gasteiger partial charge in [-0.3, -0.25) is 0 Å². The highest BCUT2D eigenvalue weighted by Gasteiger charge is 2.42. The molecule has 1 atom stereocenters. The number of hydrogen-bond donors (Lipinski definition) is 0. The first-order valence-corrected chi connectivity index (χ1v) is 8.11. The van der Waals surface area contributed by atoms with Crippen LogP contribution in [0.2, 0.25) is 10.0 Å². The third kappa shape index (κ3) is 3.07. The summed E-state index contributed by atoms with van der Waals surface area (Å²) in [5, 5.41) is 10.8. The summed E-state index contributed by atoms with van der Waals surface area (Å²) in [6, 6.07) is 7.45. The molecule has 1 aromatic carbocycles. The van der Waals surface area contributed by atoms with Crippen molar-refractivity contribution >= 4 is 28.9 Å². The fourth-order valence-electron chi connectivity index (χ4n) is 2.57. The number of nitriles is 1. The predicted molar refractivity (Wildman–Crippen MR) is 104 cm³/mol. The Morgan fingerprint density at radius 3 is 2.44 bits per heavy atom. The Balaban J connectivity index is 2.83. The third-order valence-corrected chi connectivity index (χ3v) is 4.92. The largest absolute Gasteiger partial charge is 0.308 e. The molecule has 0 aliphatic carbocycles. The highest BCUT2D eigenvalue weighted by molar-refractivity contribution is 6.42. The number of nitrogens with zero attached hydrogens (tertiary/aromatic N) is 3. The van der Waals surface area contributed by atoms with Gasteiger partial charge in [0.2, 0.25) is 0 Å². The van der Waals surface area contributed by atoms with Gasteiger partial charge in [-0.25, -0.2) is 4.98 Å². The molecule has 0 bridgehead atoms. The number of rotatable bonds is 6. The van der Waals surface area contributed by atoms with Gasteiger partial charge in [-0.1, -0.05) is 67.2 Å². The highest BCUT2D eigenvalue weighted by atomic mass is 35.5. The summed E-state index contributed by atoms with van der Waals surface area (Å²) in [6.07, 6.45) is 4.86. The molecule has 0 radical (unpaired) electrons. The minimum Gasteiger partial charge on any atom is -0.308 e. The van der Waals surface area contributed by atoms with Crippen LogP contribution < -0.4 is 0 Å². The average Bonchev–Trinajstić information content (AvgIpc) is 3.12. The van der Waals surface area contributed by atoms with Crippen molar-refractivity contribution in [1.82, 2.24) is 9.55 Å². The molecule has 3 nitrogen and oxygen atoms in total. The molecule has 1 heterocycles. The molecule has 1 aromatic heterocycles. The lowest BCUT2D eigenvalue weighted by Crippen LogP contribution is -2.31. The SMILES string of the molecule is C=C(C)C(=C)C(=C)C(C#N)(C(=C)n1ccnc1)c1cccc(Cl)c1Cl. The van der Waals surface area contributed by atoms with Crippen molar-refractivity contribution in [2.45, 2.75) is 12.3 Å². The standard InChI is InChI=1S/C20H17Cl2N3/c1-13(2)14(3)15(4)20(11-23,16(5)25-10-9-24-12-25)17-7-6-8-18(21)19(17)22/h6-10,12H,1,3-5H2,2H3. The number of allylic oxidation sites excluding steroid dienone is 4. The van der Waals surface area contributed by atoms with E-state index in [1.165, 1.54) is 0 Å². The van der Waals surface area contributed by atoms with Gasteiger partial charge in [-0.05, 0) is 24.1 Å². The first-order chi connectivity index (χ1) is 11.8. The lowest BCUT2D eigenvalue weighted by atomic mass is 9.70. The van der Waals surface area contributed by atoms with Gasteiger partial charge in [0, 0.05) is 23.7 Å². The van der Waals surface area contributed by atoms with Gasteiger partial charge < -0.3 is 4.57 Å². The molecule has 1 unspecified atom stereocenters. The topological polar surface area (TPSA) is 41.6 Å². The molecule has 0 N–H and O–H groups in total. The van der Waals surface area contributed by atoms with Crippen LogP contribution in [0, 0.1) is 11.3 Å². The zero-order valence-electron chi connectivity index (χ0n) is 13.9. The van der Waals surface area contributed by atoms with Crippen LogP contribution in [0.5, 0.6) is 0 Å². The second-order valence-corrected chi connectivity index (χ2v) is 6.40. The van der Waals surface area contributed by atoms with Gasteiger partial charge in [0.15, 0.2) is 0 Å². The Labute approximate surface area is 157 Å². The molecule has 0 fully saturated rings. The maximum absolute atomic E-state index is 10.2. The first kappa shape index (κ1) is 18.8. The summed E-state index contributed by atoms with van der Waals surface area (Å²) in [4.78, 5) is 4.03. The van der Waals surface area contributed by atoms with Crippen molar-refractivity contribution in [2.24, 2.45) is 0 Å². The van der Waals surface area contributed by atoms with E-state index in [0.717, 1.165) is 0 Å². The van der Waals surface area contributed by atoms with Gasteiger partial charge >= 0.3 is 0 Å². The molecular weight excluding hydrogens is 353 g/mol. The zero-order chi connectivity index (χ0) is 18.8. The van der Waals surface area contributed by atoms with Gasteiger partial charge in [-0.2, -0.15) is 5.26 Å². The van der Waals surface area contributed by atoms with Crippen molar-refractivity contribution in [1.29, 1.82) is 5.26 Å². The van der Waals surface area contributed by atoms with Crippen LogP contribution in [0.15, 0.2) is 80.0 Å². The molecule has 0 aliphatic rings. The fourth-order valence-corrected chi connectivity index (χ4v) is 3.02. The van der Waals surface area contributed by atoms with Crippen LogP contribution in [0.4, 0.5) is 0 Å².